The molecule has 3 nitrogen and oxygen atoms in total. The van der Waals surface area contributed by atoms with Crippen molar-refractivity contribution < 1.29 is 9.53 Å². The van der Waals surface area contributed by atoms with Gasteiger partial charge in [0, 0.05) is 29.6 Å². The van der Waals surface area contributed by atoms with E-state index in [0.29, 0.717) is 12.5 Å². The zero-order valence-corrected chi connectivity index (χ0v) is 16.7. The number of ether oxygens (including phenoxy) is 1. The summed E-state index contributed by atoms with van der Waals surface area (Å²) in [6.07, 6.45) is 11.7. The summed E-state index contributed by atoms with van der Waals surface area (Å²) in [6, 6.07) is 6.67. The van der Waals surface area contributed by atoms with E-state index < -0.39 is 0 Å². The predicted molar refractivity (Wildman–Crippen MR) is 110 cm³/mol. The van der Waals surface area contributed by atoms with Crippen molar-refractivity contribution in [1.29, 1.82) is 0 Å². The lowest BCUT2D eigenvalue weighted by molar-refractivity contribution is 0.0527. The average molecular weight is 364 g/mol. The molecule has 1 heterocycles. The molecule has 2 aliphatic carbocycles. The molecule has 0 spiro atoms. The van der Waals surface area contributed by atoms with Crippen LogP contribution in [0.4, 0.5) is 0 Å². The number of nitrogens with zero attached hydrogens (tertiary/aromatic N) is 1. The van der Waals surface area contributed by atoms with Gasteiger partial charge in [-0.15, -0.1) is 0 Å². The number of carbonyl (C=O) groups excluding carboxylic acids is 1. The lowest BCUT2D eigenvalue weighted by Gasteiger charge is -2.29. The number of aryl methyl sites for hydroxylation is 1. The largest absolute Gasteiger partial charge is 0.462 e. The van der Waals surface area contributed by atoms with Gasteiger partial charge in [0.1, 0.15) is 0 Å². The van der Waals surface area contributed by atoms with Crippen molar-refractivity contribution in [3.05, 3.63) is 58.3 Å². The Bertz CT molecular complexity index is 945. The molecule has 3 heteroatoms. The molecular formula is C24H29NO2. The summed E-state index contributed by atoms with van der Waals surface area (Å²) in [4.78, 5) is 12.6. The highest BCUT2D eigenvalue weighted by atomic mass is 16.5. The van der Waals surface area contributed by atoms with Gasteiger partial charge >= 0.3 is 5.97 Å². The summed E-state index contributed by atoms with van der Waals surface area (Å²) in [5.74, 6) is 0.284. The Kier molecular flexibility index (Phi) is 4.94. The van der Waals surface area contributed by atoms with E-state index in [0.717, 1.165) is 28.6 Å². The number of allylic oxidation sites excluding steroid dienone is 4. The van der Waals surface area contributed by atoms with Crippen molar-refractivity contribution >= 4 is 16.9 Å². The maximum Gasteiger partial charge on any atom is 0.340 e. The first kappa shape index (κ1) is 18.1. The van der Waals surface area contributed by atoms with Crippen LogP contribution in [-0.4, -0.2) is 17.1 Å². The molecule has 0 bridgehead atoms. The van der Waals surface area contributed by atoms with Crippen LogP contribution >= 0.6 is 0 Å². The maximum absolute atomic E-state index is 12.6. The lowest BCUT2D eigenvalue weighted by Crippen LogP contribution is -2.12. The number of hydrogen-bond acceptors (Lipinski definition) is 2. The zero-order valence-electron chi connectivity index (χ0n) is 16.7. The molecule has 0 saturated heterocycles. The van der Waals surface area contributed by atoms with Crippen molar-refractivity contribution in [3.63, 3.8) is 0 Å². The normalized spacial score (nSPS) is 19.4. The Morgan fingerprint density at radius 1 is 1.26 bits per heavy atom. The minimum Gasteiger partial charge on any atom is -0.462 e. The molecule has 1 aromatic carbocycles. The third-order valence-corrected chi connectivity index (χ3v) is 6.23. The predicted octanol–water partition coefficient (Wildman–Crippen LogP) is 5.83. The third kappa shape index (κ3) is 3.03. The Labute approximate surface area is 161 Å². The van der Waals surface area contributed by atoms with Gasteiger partial charge in [-0.25, -0.2) is 4.79 Å². The van der Waals surface area contributed by atoms with Crippen molar-refractivity contribution in [2.45, 2.75) is 58.3 Å². The van der Waals surface area contributed by atoms with E-state index in [-0.39, 0.29) is 5.97 Å². The molecule has 4 rings (SSSR count). The van der Waals surface area contributed by atoms with Crippen LogP contribution in [-0.2, 0) is 18.2 Å². The fourth-order valence-corrected chi connectivity index (χ4v) is 4.95. The fraction of sp³-hybridized carbons (Fsp3) is 0.458. The first-order valence-corrected chi connectivity index (χ1v) is 10.3. The quantitative estimate of drug-likeness (QED) is 0.640. The Balaban J connectivity index is 1.82. The molecule has 1 atom stereocenters. The van der Waals surface area contributed by atoms with Crippen LogP contribution in [0, 0.1) is 0 Å². The minimum atomic E-state index is -0.203. The van der Waals surface area contributed by atoms with Crippen molar-refractivity contribution in [3.8, 4) is 0 Å². The molecule has 1 unspecified atom stereocenters. The molecule has 0 N–H and O–H groups in total. The molecule has 0 aliphatic heterocycles. The van der Waals surface area contributed by atoms with Crippen LogP contribution in [0.25, 0.3) is 10.9 Å². The van der Waals surface area contributed by atoms with Crippen molar-refractivity contribution in [2.24, 2.45) is 7.05 Å². The molecule has 0 fully saturated rings. The summed E-state index contributed by atoms with van der Waals surface area (Å²) in [5.41, 5.74) is 7.51. The second kappa shape index (κ2) is 7.38. The van der Waals surface area contributed by atoms with E-state index in [1.165, 1.54) is 37.7 Å². The van der Waals surface area contributed by atoms with E-state index in [1.807, 2.05) is 6.92 Å². The Hall–Kier alpha value is -2.29. The average Bonchev–Trinajstić information content (AvgIpc) is 2.99. The smallest absolute Gasteiger partial charge is 0.340 e. The standard InChI is InChI=1S/C24H29NO2/c1-4-21-23(24(26)27-5-2)20-14-13-17(15-22(20)25(21)3)19-12-8-10-16-9-6-7-11-18(16)19/h7,11,13-15,19H,4-6,8-10,12H2,1-3H3. The number of rotatable bonds is 4. The van der Waals surface area contributed by atoms with Gasteiger partial charge in [0.05, 0.1) is 12.2 Å². The van der Waals surface area contributed by atoms with Crippen molar-refractivity contribution in [2.75, 3.05) is 6.61 Å². The van der Waals surface area contributed by atoms with E-state index in [9.17, 15) is 4.79 Å². The number of fused-ring (bicyclic) bond motifs is 1. The van der Waals surface area contributed by atoms with Crippen LogP contribution in [0.3, 0.4) is 0 Å². The number of esters is 1. The molecule has 2 aliphatic rings. The fourth-order valence-electron chi connectivity index (χ4n) is 4.95. The lowest BCUT2D eigenvalue weighted by atomic mass is 9.75. The summed E-state index contributed by atoms with van der Waals surface area (Å²) in [5, 5.41) is 1.01. The SMILES string of the molecule is CCOC(=O)c1c(CC)n(C)c2cc(C3CCCC4=C3C=CCC4)ccc12. The van der Waals surface area contributed by atoms with Gasteiger partial charge in [0.2, 0.25) is 0 Å². The highest BCUT2D eigenvalue weighted by Gasteiger charge is 2.26. The summed E-state index contributed by atoms with van der Waals surface area (Å²) in [7, 11) is 2.07. The van der Waals surface area contributed by atoms with E-state index in [4.69, 9.17) is 4.74 Å². The first-order chi connectivity index (χ1) is 13.2. The van der Waals surface area contributed by atoms with Crippen LogP contribution < -0.4 is 0 Å². The highest BCUT2D eigenvalue weighted by molar-refractivity contribution is 6.06. The van der Waals surface area contributed by atoms with Gasteiger partial charge in [-0.1, -0.05) is 36.8 Å². The molecule has 27 heavy (non-hydrogen) atoms. The Morgan fingerprint density at radius 3 is 2.89 bits per heavy atom. The molecule has 142 valence electrons. The molecule has 0 saturated carbocycles. The van der Waals surface area contributed by atoms with Gasteiger partial charge in [-0.2, -0.15) is 0 Å². The van der Waals surface area contributed by atoms with Gasteiger partial charge in [0.15, 0.2) is 0 Å². The topological polar surface area (TPSA) is 31.2 Å². The summed E-state index contributed by atoms with van der Waals surface area (Å²) >= 11 is 0. The number of carbonyl (C=O) groups is 1. The maximum atomic E-state index is 12.6. The van der Waals surface area contributed by atoms with Crippen LogP contribution in [0.1, 0.15) is 73.5 Å². The number of benzene rings is 1. The number of aromatic nitrogens is 1. The van der Waals surface area contributed by atoms with Crippen molar-refractivity contribution in [1.82, 2.24) is 4.57 Å². The summed E-state index contributed by atoms with van der Waals surface area (Å²) < 4.78 is 7.52. The first-order valence-electron chi connectivity index (χ1n) is 10.3. The molecule has 0 amide bonds. The van der Waals surface area contributed by atoms with E-state index in [2.05, 4.69) is 48.9 Å². The number of hydrogen-bond donors (Lipinski definition) is 0. The highest BCUT2D eigenvalue weighted by Crippen LogP contribution is 2.42. The molecule has 0 radical (unpaired) electrons. The molecule has 2 aromatic rings. The van der Waals surface area contributed by atoms with E-state index >= 15 is 0 Å². The molecule has 1 aromatic heterocycles. The Morgan fingerprint density at radius 2 is 2.11 bits per heavy atom. The van der Waals surface area contributed by atoms with Gasteiger partial charge in [0.25, 0.3) is 0 Å². The van der Waals surface area contributed by atoms with Gasteiger partial charge in [-0.05, 0) is 62.7 Å². The van der Waals surface area contributed by atoms with Crippen LogP contribution in [0.15, 0.2) is 41.5 Å². The van der Waals surface area contributed by atoms with Gasteiger partial charge < -0.3 is 9.30 Å². The van der Waals surface area contributed by atoms with E-state index in [1.54, 1.807) is 11.1 Å². The van der Waals surface area contributed by atoms with Gasteiger partial charge in [-0.3, -0.25) is 0 Å². The summed E-state index contributed by atoms with van der Waals surface area (Å²) in [6.45, 7) is 4.36. The monoisotopic (exact) mass is 363 g/mol. The second-order valence-electron chi connectivity index (χ2n) is 7.68. The second-order valence-corrected chi connectivity index (χ2v) is 7.68. The van der Waals surface area contributed by atoms with Crippen LogP contribution in [0.5, 0.6) is 0 Å². The molecular weight excluding hydrogens is 334 g/mol. The minimum absolute atomic E-state index is 0.203. The third-order valence-electron chi connectivity index (χ3n) is 6.23. The zero-order chi connectivity index (χ0) is 19.0. The van der Waals surface area contributed by atoms with Crippen LogP contribution in [0.2, 0.25) is 0 Å².